The van der Waals surface area contributed by atoms with Crippen LogP contribution in [0.2, 0.25) is 0 Å². The first kappa shape index (κ1) is 31.5. The summed E-state index contributed by atoms with van der Waals surface area (Å²) in [6, 6.07) is 21.2. The maximum absolute atomic E-state index is 12.3. The fourth-order valence-electron chi connectivity index (χ4n) is 3.94. The Hall–Kier alpha value is -2.98. The molecule has 40 heavy (non-hydrogen) atoms. The van der Waals surface area contributed by atoms with Gasteiger partial charge >= 0.3 is 12.1 Å². The van der Waals surface area contributed by atoms with E-state index in [1.165, 1.54) is 11.8 Å². The number of carbonyl (C=O) groups excluding carboxylic acids is 1. The number of hydrogen-bond donors (Lipinski definition) is 2. The minimum absolute atomic E-state index is 0.0533. The zero-order chi connectivity index (χ0) is 29.3. The lowest BCUT2D eigenvalue weighted by atomic mass is 9.84. The zero-order valence-electron chi connectivity index (χ0n) is 21.9. The molecule has 1 atom stereocenters. The average molecular weight is 629 g/mol. The van der Waals surface area contributed by atoms with Crippen LogP contribution >= 0.6 is 46.6 Å². The van der Waals surface area contributed by atoms with E-state index in [9.17, 15) is 14.7 Å². The minimum Gasteiger partial charge on any atom is -0.497 e. The molecule has 0 aliphatic rings. The number of alkyl carbamates (subject to hydrolysis) is 1. The monoisotopic (exact) mass is 627 g/mol. The summed E-state index contributed by atoms with van der Waals surface area (Å²) in [6.07, 6.45) is -1.02. The number of halogens is 3. The number of carboxylic acids is 1. The Bertz CT molecular complexity index is 1150. The highest BCUT2D eigenvalue weighted by Gasteiger charge is 2.39. The molecule has 3 aromatic carbocycles. The molecule has 3 aromatic rings. The second-order valence-electron chi connectivity index (χ2n) is 8.40. The van der Waals surface area contributed by atoms with Crippen molar-refractivity contribution in [3.63, 3.8) is 0 Å². The Kier molecular flexibility index (Phi) is 11.1. The summed E-state index contributed by atoms with van der Waals surface area (Å²) in [4.78, 5) is 24.5. The topological polar surface area (TPSA) is 103 Å². The Morgan fingerprint density at radius 3 is 1.45 bits per heavy atom. The fourth-order valence-corrected chi connectivity index (χ4v) is 5.66. The average Bonchev–Trinajstić information content (AvgIpc) is 2.96. The molecule has 0 aliphatic heterocycles. The number of amides is 1. The molecule has 0 saturated heterocycles. The Morgan fingerprint density at radius 1 is 0.775 bits per heavy atom. The smallest absolute Gasteiger partial charge is 0.408 e. The SMILES string of the molecule is COc1ccc(C(SC[C@H](NC(=O)OCC(Cl)(Cl)Cl)C(=O)O)(c2ccc(OC)cc2)c2ccc(OC)cc2)cc1. The molecule has 0 fully saturated rings. The van der Waals surface area contributed by atoms with Crippen molar-refractivity contribution in [2.75, 3.05) is 33.7 Å². The van der Waals surface area contributed by atoms with Gasteiger partial charge in [-0.15, -0.1) is 11.8 Å². The van der Waals surface area contributed by atoms with Gasteiger partial charge in [-0.1, -0.05) is 71.2 Å². The minimum atomic E-state index is -1.84. The maximum Gasteiger partial charge on any atom is 0.408 e. The van der Waals surface area contributed by atoms with E-state index in [0.717, 1.165) is 16.7 Å². The lowest BCUT2D eigenvalue weighted by Crippen LogP contribution is -2.44. The van der Waals surface area contributed by atoms with E-state index in [1.807, 2.05) is 72.8 Å². The van der Waals surface area contributed by atoms with Gasteiger partial charge in [0.1, 0.15) is 29.9 Å². The van der Waals surface area contributed by atoms with Crippen molar-refractivity contribution < 1.29 is 33.6 Å². The second-order valence-corrected chi connectivity index (χ2v) is 12.2. The summed E-state index contributed by atoms with van der Waals surface area (Å²) in [5, 5.41) is 12.3. The van der Waals surface area contributed by atoms with Crippen molar-refractivity contribution in [2.45, 2.75) is 14.6 Å². The van der Waals surface area contributed by atoms with Crippen LogP contribution in [-0.4, -0.2) is 60.7 Å². The number of thioether (sulfide) groups is 1. The van der Waals surface area contributed by atoms with Crippen LogP contribution in [0.3, 0.4) is 0 Å². The summed E-state index contributed by atoms with van der Waals surface area (Å²) in [5.74, 6) is 0.672. The molecule has 214 valence electrons. The molecule has 0 unspecified atom stereocenters. The molecule has 0 saturated carbocycles. The largest absolute Gasteiger partial charge is 0.497 e. The highest BCUT2D eigenvalue weighted by atomic mass is 35.6. The van der Waals surface area contributed by atoms with Crippen molar-refractivity contribution >= 4 is 58.6 Å². The standard InChI is InChI=1S/C28H28Cl3NO7S/c1-36-21-10-4-18(5-11-21)28(19-6-12-22(37-2)13-7-19,20-8-14-23(38-3)15-9-20)40-16-24(25(33)34)32-26(35)39-17-27(29,30)31/h4-15,24H,16-17H2,1-3H3,(H,32,35)(H,33,34)/t24-/m0/s1. The Morgan fingerprint density at radius 2 is 1.15 bits per heavy atom. The van der Waals surface area contributed by atoms with Gasteiger partial charge in [-0.2, -0.15) is 0 Å². The first-order valence-corrected chi connectivity index (χ1v) is 13.9. The van der Waals surface area contributed by atoms with Crippen molar-refractivity contribution in [1.82, 2.24) is 5.32 Å². The van der Waals surface area contributed by atoms with Crippen LogP contribution in [0.15, 0.2) is 72.8 Å². The molecule has 0 spiro atoms. The third kappa shape index (κ3) is 8.04. The van der Waals surface area contributed by atoms with E-state index in [4.69, 9.17) is 53.8 Å². The van der Waals surface area contributed by atoms with Crippen molar-refractivity contribution in [3.05, 3.63) is 89.5 Å². The van der Waals surface area contributed by atoms with Crippen molar-refractivity contribution in [3.8, 4) is 17.2 Å². The van der Waals surface area contributed by atoms with E-state index in [2.05, 4.69) is 5.32 Å². The van der Waals surface area contributed by atoms with Gasteiger partial charge in [0, 0.05) is 5.75 Å². The van der Waals surface area contributed by atoms with E-state index in [-0.39, 0.29) is 5.75 Å². The predicted octanol–water partition coefficient (Wildman–Crippen LogP) is 6.29. The number of carbonyl (C=O) groups is 2. The third-order valence-electron chi connectivity index (χ3n) is 5.91. The number of ether oxygens (including phenoxy) is 4. The van der Waals surface area contributed by atoms with Gasteiger partial charge in [0.05, 0.1) is 26.1 Å². The highest BCUT2D eigenvalue weighted by molar-refractivity contribution is 8.00. The van der Waals surface area contributed by atoms with Crippen molar-refractivity contribution in [1.29, 1.82) is 0 Å². The maximum atomic E-state index is 12.3. The zero-order valence-corrected chi connectivity index (χ0v) is 24.9. The van der Waals surface area contributed by atoms with Gasteiger partial charge in [0.15, 0.2) is 0 Å². The van der Waals surface area contributed by atoms with Crippen LogP contribution in [0.4, 0.5) is 4.79 Å². The Balaban J connectivity index is 2.10. The normalized spacial score (nSPS) is 12.2. The number of hydrogen-bond acceptors (Lipinski definition) is 7. The van der Waals surface area contributed by atoms with E-state index in [1.54, 1.807) is 21.3 Å². The molecule has 12 heteroatoms. The number of benzene rings is 3. The summed E-state index contributed by atoms with van der Waals surface area (Å²) < 4.78 is 18.2. The first-order chi connectivity index (χ1) is 19.0. The number of nitrogens with one attached hydrogen (secondary N) is 1. The number of rotatable bonds is 12. The Labute approximate surface area is 251 Å². The highest BCUT2D eigenvalue weighted by Crippen LogP contribution is 2.49. The molecular formula is C28H28Cl3NO7S. The summed E-state index contributed by atoms with van der Waals surface area (Å²) in [5.41, 5.74) is 2.53. The first-order valence-electron chi connectivity index (χ1n) is 11.8. The van der Waals surface area contributed by atoms with E-state index in [0.29, 0.717) is 17.2 Å². The number of alkyl halides is 3. The van der Waals surface area contributed by atoms with Crippen LogP contribution in [0.25, 0.3) is 0 Å². The van der Waals surface area contributed by atoms with E-state index >= 15 is 0 Å². The molecule has 1 amide bonds. The van der Waals surface area contributed by atoms with Gasteiger partial charge in [0.25, 0.3) is 0 Å². The lowest BCUT2D eigenvalue weighted by Gasteiger charge is -2.36. The molecule has 0 radical (unpaired) electrons. The third-order valence-corrected chi connectivity index (χ3v) is 7.88. The quantitative estimate of drug-likeness (QED) is 0.178. The number of methoxy groups -OCH3 is 3. The van der Waals surface area contributed by atoms with Crippen LogP contribution in [0.5, 0.6) is 17.2 Å². The summed E-state index contributed by atoms with van der Waals surface area (Å²) in [7, 11) is 4.73. The van der Waals surface area contributed by atoms with Gasteiger partial charge < -0.3 is 29.4 Å². The number of aliphatic carboxylic acids is 1. The van der Waals surface area contributed by atoms with Gasteiger partial charge in [-0.3, -0.25) is 0 Å². The summed E-state index contributed by atoms with van der Waals surface area (Å²) in [6.45, 7) is -0.545. The predicted molar refractivity (Wildman–Crippen MR) is 158 cm³/mol. The molecule has 0 aliphatic carbocycles. The van der Waals surface area contributed by atoms with E-state index < -0.39 is 33.3 Å². The molecule has 8 nitrogen and oxygen atoms in total. The second kappa shape index (κ2) is 14.1. The van der Waals surface area contributed by atoms with Crippen LogP contribution in [-0.2, 0) is 14.3 Å². The molecule has 2 N–H and O–H groups in total. The molecule has 3 rings (SSSR count). The molecule has 0 bridgehead atoms. The van der Waals surface area contributed by atoms with Crippen LogP contribution in [0.1, 0.15) is 16.7 Å². The van der Waals surface area contributed by atoms with Crippen molar-refractivity contribution in [2.24, 2.45) is 0 Å². The fraction of sp³-hybridized carbons (Fsp3) is 0.286. The van der Waals surface area contributed by atoms with Crippen LogP contribution < -0.4 is 19.5 Å². The van der Waals surface area contributed by atoms with Gasteiger partial charge in [-0.25, -0.2) is 9.59 Å². The van der Waals surface area contributed by atoms with Gasteiger partial charge in [-0.05, 0) is 53.1 Å². The number of carboxylic acid groups (broad SMARTS) is 1. The molecule has 0 aromatic heterocycles. The molecular weight excluding hydrogens is 601 g/mol. The van der Waals surface area contributed by atoms with Gasteiger partial charge in [0.2, 0.25) is 3.79 Å². The van der Waals surface area contributed by atoms with Crippen LogP contribution in [0, 0.1) is 0 Å². The lowest BCUT2D eigenvalue weighted by molar-refractivity contribution is -0.138. The summed E-state index contributed by atoms with van der Waals surface area (Å²) >= 11 is 18.3. The molecule has 0 heterocycles.